The Balaban J connectivity index is 1.50. The van der Waals surface area contributed by atoms with E-state index in [2.05, 4.69) is 20.3 Å². The van der Waals surface area contributed by atoms with Crippen LogP contribution in [0, 0.1) is 0 Å². The molecule has 0 aliphatic heterocycles. The number of nitrogens with one attached hydrogen (secondary N) is 3. The molecule has 1 aliphatic carbocycles. The van der Waals surface area contributed by atoms with Crippen molar-refractivity contribution >= 4 is 16.0 Å². The minimum absolute atomic E-state index is 0.103. The van der Waals surface area contributed by atoms with E-state index in [9.17, 15) is 8.42 Å². The van der Waals surface area contributed by atoms with Crippen molar-refractivity contribution in [2.45, 2.75) is 36.9 Å². The summed E-state index contributed by atoms with van der Waals surface area (Å²) in [6, 6.07) is 14.8. The largest absolute Gasteiger partial charge is 0.497 e. The molecule has 0 radical (unpaired) electrons. The zero-order chi connectivity index (χ0) is 20.0. The van der Waals surface area contributed by atoms with Gasteiger partial charge >= 0.3 is 0 Å². The molecule has 150 valence electrons. The number of nitrogens with zero attached hydrogens (tertiary/aromatic N) is 1. The monoisotopic (exact) mass is 402 g/mol. The van der Waals surface area contributed by atoms with E-state index in [4.69, 9.17) is 4.74 Å². The molecule has 0 saturated heterocycles. The normalized spacial score (nSPS) is 14.6. The van der Waals surface area contributed by atoms with Crippen LogP contribution in [0.2, 0.25) is 0 Å². The average molecular weight is 403 g/mol. The number of benzene rings is 2. The van der Waals surface area contributed by atoms with Gasteiger partial charge in [-0.2, -0.15) is 0 Å². The molecule has 1 fully saturated rings. The molecular formula is C20H26N4O3S. The van der Waals surface area contributed by atoms with Gasteiger partial charge in [0, 0.05) is 26.2 Å². The Hall–Kier alpha value is -2.58. The zero-order valence-corrected chi connectivity index (χ0v) is 16.9. The van der Waals surface area contributed by atoms with Crippen molar-refractivity contribution in [3.8, 4) is 5.75 Å². The van der Waals surface area contributed by atoms with Crippen LogP contribution in [0.25, 0.3) is 0 Å². The Morgan fingerprint density at radius 2 is 1.54 bits per heavy atom. The van der Waals surface area contributed by atoms with E-state index in [0.29, 0.717) is 23.9 Å². The quantitative estimate of drug-likeness (QED) is 0.464. The van der Waals surface area contributed by atoms with Crippen molar-refractivity contribution in [1.82, 2.24) is 15.4 Å². The first-order valence-electron chi connectivity index (χ1n) is 9.19. The van der Waals surface area contributed by atoms with Crippen LogP contribution in [0.1, 0.15) is 24.0 Å². The van der Waals surface area contributed by atoms with Gasteiger partial charge in [0.05, 0.1) is 12.0 Å². The van der Waals surface area contributed by atoms with Gasteiger partial charge in [0.25, 0.3) is 0 Å². The van der Waals surface area contributed by atoms with Crippen LogP contribution in [-0.4, -0.2) is 34.6 Å². The maximum absolute atomic E-state index is 12.2. The maximum Gasteiger partial charge on any atom is 0.240 e. The summed E-state index contributed by atoms with van der Waals surface area (Å²) in [6.07, 6.45) is 1.84. The summed E-state index contributed by atoms with van der Waals surface area (Å²) in [5.74, 6) is 1.49. The second-order valence-corrected chi connectivity index (χ2v) is 8.38. The van der Waals surface area contributed by atoms with Gasteiger partial charge in [-0.15, -0.1) is 0 Å². The molecule has 3 N–H and O–H groups in total. The van der Waals surface area contributed by atoms with Gasteiger partial charge in [-0.1, -0.05) is 24.3 Å². The standard InChI is InChI=1S/C20H26N4O3S/c1-21-20(22-13-15-3-9-18(27-2)10-4-15)23-14-16-5-11-19(12-6-16)28(25,26)24-17-7-8-17/h3-6,9-12,17,24H,7-8,13-14H2,1-2H3,(H2,21,22,23). The number of sulfonamides is 1. The van der Waals surface area contributed by atoms with Crippen LogP contribution < -0.4 is 20.1 Å². The molecule has 0 spiro atoms. The summed E-state index contributed by atoms with van der Waals surface area (Å²) in [4.78, 5) is 4.51. The van der Waals surface area contributed by atoms with Crippen molar-refractivity contribution in [3.05, 3.63) is 59.7 Å². The van der Waals surface area contributed by atoms with E-state index in [0.717, 1.165) is 29.7 Å². The number of ether oxygens (including phenoxy) is 1. The lowest BCUT2D eigenvalue weighted by molar-refractivity contribution is 0.414. The summed E-state index contributed by atoms with van der Waals surface area (Å²) in [6.45, 7) is 1.17. The molecule has 7 nitrogen and oxygen atoms in total. The van der Waals surface area contributed by atoms with Crippen molar-refractivity contribution < 1.29 is 13.2 Å². The van der Waals surface area contributed by atoms with Gasteiger partial charge < -0.3 is 15.4 Å². The van der Waals surface area contributed by atoms with Crippen LogP contribution in [0.15, 0.2) is 58.4 Å². The van der Waals surface area contributed by atoms with Gasteiger partial charge in [-0.3, -0.25) is 4.99 Å². The first-order valence-corrected chi connectivity index (χ1v) is 10.7. The molecule has 0 unspecified atom stereocenters. The number of rotatable bonds is 8. The summed E-state index contributed by atoms with van der Waals surface area (Å²) < 4.78 is 32.2. The zero-order valence-electron chi connectivity index (χ0n) is 16.1. The summed E-state index contributed by atoms with van der Waals surface area (Å²) in [7, 11) is -0.0551. The number of hydrogen-bond acceptors (Lipinski definition) is 4. The highest BCUT2D eigenvalue weighted by atomic mass is 32.2. The predicted octanol–water partition coefficient (Wildman–Crippen LogP) is 2.00. The van der Waals surface area contributed by atoms with Gasteiger partial charge in [-0.05, 0) is 48.2 Å². The highest BCUT2D eigenvalue weighted by molar-refractivity contribution is 7.89. The highest BCUT2D eigenvalue weighted by Gasteiger charge is 2.27. The number of aliphatic imine (C=N–C) groups is 1. The lowest BCUT2D eigenvalue weighted by atomic mass is 10.2. The van der Waals surface area contributed by atoms with Gasteiger partial charge in [-0.25, -0.2) is 13.1 Å². The second-order valence-electron chi connectivity index (χ2n) is 6.67. The minimum atomic E-state index is -3.41. The van der Waals surface area contributed by atoms with E-state index in [1.54, 1.807) is 26.3 Å². The Morgan fingerprint density at radius 1 is 1.00 bits per heavy atom. The van der Waals surface area contributed by atoms with Crippen molar-refractivity contribution in [2.75, 3.05) is 14.2 Å². The van der Waals surface area contributed by atoms with E-state index in [1.807, 2.05) is 36.4 Å². The Bertz CT molecular complexity index is 905. The first kappa shape index (κ1) is 20.2. The van der Waals surface area contributed by atoms with E-state index in [-0.39, 0.29) is 6.04 Å². The van der Waals surface area contributed by atoms with Gasteiger partial charge in [0.2, 0.25) is 10.0 Å². The molecule has 28 heavy (non-hydrogen) atoms. The lowest BCUT2D eigenvalue weighted by Gasteiger charge is -2.13. The fraction of sp³-hybridized carbons (Fsp3) is 0.350. The second kappa shape index (κ2) is 9.07. The summed E-state index contributed by atoms with van der Waals surface area (Å²) in [5, 5.41) is 6.48. The molecule has 0 amide bonds. The highest BCUT2D eigenvalue weighted by Crippen LogP contribution is 2.22. The van der Waals surface area contributed by atoms with Crippen LogP contribution >= 0.6 is 0 Å². The molecule has 3 rings (SSSR count). The van der Waals surface area contributed by atoms with E-state index < -0.39 is 10.0 Å². The molecule has 1 saturated carbocycles. The molecule has 2 aromatic rings. The van der Waals surface area contributed by atoms with Crippen molar-refractivity contribution in [1.29, 1.82) is 0 Å². The fourth-order valence-electron chi connectivity index (χ4n) is 2.61. The molecule has 1 aliphatic rings. The maximum atomic E-state index is 12.2. The van der Waals surface area contributed by atoms with Gasteiger partial charge in [0.15, 0.2) is 5.96 Å². The third kappa shape index (κ3) is 5.71. The van der Waals surface area contributed by atoms with Crippen LogP contribution in [0.4, 0.5) is 0 Å². The van der Waals surface area contributed by atoms with E-state index >= 15 is 0 Å². The van der Waals surface area contributed by atoms with Crippen molar-refractivity contribution in [3.63, 3.8) is 0 Å². The molecule has 2 aromatic carbocycles. The third-order valence-electron chi connectivity index (χ3n) is 4.44. The number of methoxy groups -OCH3 is 1. The Labute approximate surface area is 166 Å². The molecular weight excluding hydrogens is 376 g/mol. The first-order chi connectivity index (χ1) is 13.5. The van der Waals surface area contributed by atoms with Gasteiger partial charge in [0.1, 0.15) is 5.75 Å². The fourth-order valence-corrected chi connectivity index (χ4v) is 3.92. The smallest absolute Gasteiger partial charge is 0.240 e. The van der Waals surface area contributed by atoms with E-state index in [1.165, 1.54) is 0 Å². The Kier molecular flexibility index (Phi) is 6.53. The summed E-state index contributed by atoms with van der Waals surface area (Å²) >= 11 is 0. The number of guanidine groups is 1. The number of hydrogen-bond donors (Lipinski definition) is 3. The SMILES string of the molecule is CN=C(NCc1ccc(OC)cc1)NCc1ccc(S(=O)(=O)NC2CC2)cc1. The molecule has 0 atom stereocenters. The Morgan fingerprint density at radius 3 is 2.00 bits per heavy atom. The molecule has 8 heteroatoms. The van der Waals surface area contributed by atoms with Crippen molar-refractivity contribution in [2.24, 2.45) is 4.99 Å². The summed E-state index contributed by atoms with van der Waals surface area (Å²) in [5.41, 5.74) is 2.08. The van der Waals surface area contributed by atoms with Crippen LogP contribution in [-0.2, 0) is 23.1 Å². The van der Waals surface area contributed by atoms with Crippen LogP contribution in [0.5, 0.6) is 5.75 Å². The molecule has 0 heterocycles. The predicted molar refractivity (Wildman–Crippen MR) is 110 cm³/mol. The lowest BCUT2D eigenvalue weighted by Crippen LogP contribution is -2.36. The molecule has 0 bridgehead atoms. The third-order valence-corrected chi connectivity index (χ3v) is 5.97. The minimum Gasteiger partial charge on any atom is -0.497 e. The molecule has 0 aromatic heterocycles. The van der Waals surface area contributed by atoms with Crippen LogP contribution in [0.3, 0.4) is 0 Å². The average Bonchev–Trinajstić information content (AvgIpc) is 3.52. The topological polar surface area (TPSA) is 91.8 Å².